The highest BCUT2D eigenvalue weighted by molar-refractivity contribution is 6.10. The van der Waals surface area contributed by atoms with E-state index in [0.29, 0.717) is 30.8 Å². The van der Waals surface area contributed by atoms with Gasteiger partial charge in [0, 0.05) is 36.8 Å². The van der Waals surface area contributed by atoms with E-state index < -0.39 is 40.5 Å². The summed E-state index contributed by atoms with van der Waals surface area (Å²) in [6.07, 6.45) is -0.783. The smallest absolute Gasteiger partial charge is 0.416 e. The second kappa shape index (κ2) is 10.6. The molecular formula is C33H38F3N5O4. The minimum Gasteiger partial charge on any atom is -0.444 e. The number of hydrogen-bond acceptors (Lipinski definition) is 6. The third-order valence-corrected chi connectivity index (χ3v) is 9.12. The maximum Gasteiger partial charge on any atom is 0.416 e. The van der Waals surface area contributed by atoms with Crippen LogP contribution in [0.2, 0.25) is 0 Å². The van der Waals surface area contributed by atoms with Crippen LogP contribution in [0.3, 0.4) is 0 Å². The average Bonchev–Trinajstić information content (AvgIpc) is 3.49. The largest absolute Gasteiger partial charge is 0.444 e. The van der Waals surface area contributed by atoms with Gasteiger partial charge in [0.05, 0.1) is 18.2 Å². The van der Waals surface area contributed by atoms with Crippen molar-refractivity contribution in [2.24, 2.45) is 7.05 Å². The highest BCUT2D eigenvalue weighted by Gasteiger charge is 2.50. The number of benzene rings is 2. The number of rotatable bonds is 6. The van der Waals surface area contributed by atoms with Gasteiger partial charge in [-0.25, -0.2) is 4.79 Å². The zero-order chi connectivity index (χ0) is 32.5. The number of hydrogen-bond donors (Lipinski definition) is 0. The maximum atomic E-state index is 14.5. The maximum absolute atomic E-state index is 14.5. The van der Waals surface area contributed by atoms with E-state index in [4.69, 9.17) is 9.47 Å². The van der Waals surface area contributed by atoms with E-state index in [-0.39, 0.29) is 35.9 Å². The molecule has 3 aliphatic rings. The highest BCUT2D eigenvalue weighted by atomic mass is 19.4. The fourth-order valence-corrected chi connectivity index (χ4v) is 6.73. The van der Waals surface area contributed by atoms with Crippen molar-refractivity contribution >= 4 is 17.7 Å². The van der Waals surface area contributed by atoms with Crippen LogP contribution in [0, 0.1) is 0 Å². The van der Waals surface area contributed by atoms with E-state index in [1.54, 1.807) is 49.9 Å². The third-order valence-electron chi connectivity index (χ3n) is 9.12. The number of nitrogens with zero attached hydrogens (tertiary/aromatic N) is 5. The third kappa shape index (κ3) is 5.47. The van der Waals surface area contributed by atoms with Crippen LogP contribution in [0.25, 0.3) is 0 Å². The zero-order valence-corrected chi connectivity index (χ0v) is 26.4. The molecule has 0 unspecified atom stereocenters. The lowest BCUT2D eigenvalue weighted by Crippen LogP contribution is -2.54. The Morgan fingerprint density at radius 2 is 1.89 bits per heavy atom. The Morgan fingerprint density at radius 1 is 1.18 bits per heavy atom. The molecule has 0 bridgehead atoms. The molecule has 2 aliphatic heterocycles. The molecule has 6 rings (SSSR count). The number of carbonyl (C=O) groups excluding carboxylic acids is 2. The Balaban J connectivity index is 1.35. The molecule has 9 nitrogen and oxygen atoms in total. The summed E-state index contributed by atoms with van der Waals surface area (Å²) in [4.78, 5) is 30.0. The number of alkyl halides is 3. The van der Waals surface area contributed by atoms with Crippen molar-refractivity contribution in [3.8, 4) is 0 Å². The topological polar surface area (TPSA) is 89.8 Å². The van der Waals surface area contributed by atoms with Crippen LogP contribution in [0.1, 0.15) is 98.7 Å². The molecule has 2 fully saturated rings. The van der Waals surface area contributed by atoms with Gasteiger partial charge in [-0.3, -0.25) is 9.69 Å². The van der Waals surface area contributed by atoms with Crippen LogP contribution in [0.5, 0.6) is 0 Å². The number of fused-ring (bicyclic) bond motifs is 1. The molecule has 2 atom stereocenters. The van der Waals surface area contributed by atoms with Gasteiger partial charge in [0.1, 0.15) is 11.9 Å². The minimum atomic E-state index is -4.71. The highest BCUT2D eigenvalue weighted by Crippen LogP contribution is 2.48. The summed E-state index contributed by atoms with van der Waals surface area (Å²) in [6, 6.07) is 9.67. The first-order valence-electron chi connectivity index (χ1n) is 15.2. The second-order valence-electron chi connectivity index (χ2n) is 13.8. The van der Waals surface area contributed by atoms with Gasteiger partial charge in [-0.1, -0.05) is 12.1 Å². The monoisotopic (exact) mass is 625 g/mol. The number of halogens is 3. The molecule has 1 saturated carbocycles. The first-order chi connectivity index (χ1) is 21.0. The van der Waals surface area contributed by atoms with E-state index in [2.05, 4.69) is 10.2 Å². The Morgan fingerprint density at radius 3 is 2.44 bits per heavy atom. The van der Waals surface area contributed by atoms with Gasteiger partial charge in [-0.2, -0.15) is 13.2 Å². The van der Waals surface area contributed by atoms with E-state index in [1.165, 1.54) is 15.9 Å². The molecule has 2 aromatic carbocycles. The van der Waals surface area contributed by atoms with Crippen molar-refractivity contribution in [3.05, 3.63) is 76.4 Å². The van der Waals surface area contributed by atoms with Crippen LogP contribution in [0.4, 0.5) is 23.7 Å². The Labute approximate surface area is 260 Å². The molecule has 1 saturated heterocycles. The summed E-state index contributed by atoms with van der Waals surface area (Å²) in [7, 11) is 1.82. The Kier molecular flexibility index (Phi) is 7.30. The van der Waals surface area contributed by atoms with Crippen molar-refractivity contribution in [2.45, 2.75) is 102 Å². The molecule has 45 heavy (non-hydrogen) atoms. The number of ether oxygens (including phenoxy) is 2. The number of amides is 2. The molecule has 0 radical (unpaired) electrons. The standard InChI is InChI=1S/C33H38F3N5O4/c1-20-16-32(44-20,28-38-37-19-39(28)6)22-9-7-10-23(15-22)40-18-25-24(27(40)42)13-21(14-26(25)33(34,35)36)17-41(31(5)11-8-12-31)29(43)45-30(2,3)4/h7,9-10,13-15,19-20H,8,11-12,16-18H2,1-6H3/t20-,32-/m1/s1. The van der Waals surface area contributed by atoms with Crippen LogP contribution in [0.15, 0.2) is 42.7 Å². The Hall–Kier alpha value is -3.93. The van der Waals surface area contributed by atoms with Crippen molar-refractivity contribution in [3.63, 3.8) is 0 Å². The predicted octanol–water partition coefficient (Wildman–Crippen LogP) is 6.73. The van der Waals surface area contributed by atoms with Crippen molar-refractivity contribution in [1.29, 1.82) is 0 Å². The lowest BCUT2D eigenvalue weighted by atomic mass is 9.77. The van der Waals surface area contributed by atoms with Gasteiger partial charge >= 0.3 is 12.3 Å². The summed E-state index contributed by atoms with van der Waals surface area (Å²) < 4.78 is 57.3. The Bertz CT molecular complexity index is 1650. The molecule has 0 spiro atoms. The molecular weight excluding hydrogens is 587 g/mol. The van der Waals surface area contributed by atoms with Crippen molar-refractivity contribution in [2.75, 3.05) is 4.90 Å². The van der Waals surface area contributed by atoms with Crippen LogP contribution in [-0.4, -0.2) is 48.9 Å². The lowest BCUT2D eigenvalue weighted by Gasteiger charge is -2.47. The molecule has 1 aromatic heterocycles. The molecule has 12 heteroatoms. The predicted molar refractivity (Wildman–Crippen MR) is 159 cm³/mol. The summed E-state index contributed by atoms with van der Waals surface area (Å²) in [6.45, 7) is 8.76. The van der Waals surface area contributed by atoms with Crippen LogP contribution in [-0.2, 0) is 41.4 Å². The van der Waals surface area contributed by atoms with Gasteiger partial charge in [0.2, 0.25) is 0 Å². The van der Waals surface area contributed by atoms with Gasteiger partial charge in [0.25, 0.3) is 5.91 Å². The molecule has 2 amide bonds. The summed E-state index contributed by atoms with van der Waals surface area (Å²) in [5.41, 5.74) is -1.79. The van der Waals surface area contributed by atoms with Gasteiger partial charge < -0.3 is 18.9 Å². The number of anilines is 1. The fourth-order valence-electron chi connectivity index (χ4n) is 6.73. The van der Waals surface area contributed by atoms with Crippen LogP contribution >= 0.6 is 0 Å². The summed E-state index contributed by atoms with van der Waals surface area (Å²) in [5.74, 6) is 0.0660. The van der Waals surface area contributed by atoms with E-state index in [1.807, 2.05) is 27.0 Å². The van der Waals surface area contributed by atoms with Gasteiger partial charge in [-0.05, 0) is 94.8 Å². The van der Waals surface area contributed by atoms with Gasteiger partial charge in [-0.15, -0.1) is 10.2 Å². The molecule has 3 aromatic rings. The van der Waals surface area contributed by atoms with E-state index in [9.17, 15) is 22.8 Å². The second-order valence-corrected chi connectivity index (χ2v) is 13.8. The molecule has 1 aliphatic carbocycles. The number of aryl methyl sites for hydroxylation is 1. The van der Waals surface area contributed by atoms with Gasteiger partial charge in [0.15, 0.2) is 11.4 Å². The molecule has 0 N–H and O–H groups in total. The first kappa shape index (κ1) is 31.1. The fraction of sp³-hybridized carbons (Fsp3) is 0.515. The van der Waals surface area contributed by atoms with Crippen molar-refractivity contribution in [1.82, 2.24) is 19.7 Å². The van der Waals surface area contributed by atoms with E-state index >= 15 is 0 Å². The van der Waals surface area contributed by atoms with E-state index in [0.717, 1.165) is 18.1 Å². The first-order valence-corrected chi connectivity index (χ1v) is 15.2. The number of aromatic nitrogens is 3. The average molecular weight is 626 g/mol. The van der Waals surface area contributed by atoms with Crippen molar-refractivity contribution < 1.29 is 32.2 Å². The lowest BCUT2D eigenvalue weighted by molar-refractivity contribution is -0.184. The minimum absolute atomic E-state index is 0.0235. The zero-order valence-electron chi connectivity index (χ0n) is 26.4. The van der Waals surface area contributed by atoms with Crippen LogP contribution < -0.4 is 4.90 Å². The normalized spacial score (nSPS) is 22.5. The summed E-state index contributed by atoms with van der Waals surface area (Å²) >= 11 is 0. The molecule has 240 valence electrons. The number of carbonyl (C=O) groups is 2. The summed E-state index contributed by atoms with van der Waals surface area (Å²) in [5, 5.41) is 8.27. The quantitative estimate of drug-likeness (QED) is 0.302. The molecule has 3 heterocycles. The SMILES string of the molecule is C[C@@H]1C[C@@](c2cccc(N3Cc4c(cc(CN(C(=O)OC(C)(C)C)C5(C)CCC5)cc4C(F)(F)F)C3=O)c2)(c2nncn2C)O1.